The highest BCUT2D eigenvalue weighted by molar-refractivity contribution is 5.86. The second-order valence-corrected chi connectivity index (χ2v) is 10.2. The molecular weight excluding hydrogens is 492 g/mol. The van der Waals surface area contributed by atoms with E-state index in [2.05, 4.69) is 18.5 Å². The van der Waals surface area contributed by atoms with Crippen molar-refractivity contribution in [2.24, 2.45) is 11.8 Å². The second-order valence-electron chi connectivity index (χ2n) is 10.2. The lowest BCUT2D eigenvalue weighted by molar-refractivity contribution is -0.149. The molecule has 2 N–H and O–H groups in total. The van der Waals surface area contributed by atoms with Gasteiger partial charge in [0.25, 0.3) is 0 Å². The minimum atomic E-state index is -0.615. The molecular formula is C32H40N2O5. The SMILES string of the molecule is C=CC[C@@H](CC(=O)N1Cc2ccccc2C[C@H]1CO)C(=O)N[C@@H](C)COC(=O)[C@@H](CC=C)Cc1ccccc1. The van der Waals surface area contributed by atoms with Crippen molar-refractivity contribution in [3.8, 4) is 0 Å². The molecule has 4 atom stereocenters. The second kappa shape index (κ2) is 15.0. The van der Waals surface area contributed by atoms with Crippen molar-refractivity contribution >= 4 is 17.8 Å². The lowest BCUT2D eigenvalue weighted by Crippen LogP contribution is -2.48. The van der Waals surface area contributed by atoms with E-state index in [0.29, 0.717) is 32.2 Å². The number of fused-ring (bicyclic) bond motifs is 1. The zero-order valence-corrected chi connectivity index (χ0v) is 22.8. The number of amides is 2. The Hall–Kier alpha value is -3.71. The van der Waals surface area contributed by atoms with Crippen LogP contribution in [0, 0.1) is 11.8 Å². The van der Waals surface area contributed by atoms with Gasteiger partial charge in [0.05, 0.1) is 30.5 Å². The minimum absolute atomic E-state index is 0.00150. The average molecular weight is 533 g/mol. The number of rotatable bonds is 14. The monoisotopic (exact) mass is 532 g/mol. The quantitative estimate of drug-likeness (QED) is 0.283. The summed E-state index contributed by atoms with van der Waals surface area (Å²) in [5.41, 5.74) is 3.22. The van der Waals surface area contributed by atoms with Crippen LogP contribution in [0.1, 0.15) is 42.9 Å². The Balaban J connectivity index is 1.54. The first kappa shape index (κ1) is 29.8. The summed E-state index contributed by atoms with van der Waals surface area (Å²) in [7, 11) is 0. The maximum absolute atomic E-state index is 13.3. The van der Waals surface area contributed by atoms with Crippen molar-refractivity contribution in [3.63, 3.8) is 0 Å². The molecule has 0 radical (unpaired) electrons. The molecule has 1 heterocycles. The van der Waals surface area contributed by atoms with Gasteiger partial charge in [-0.3, -0.25) is 14.4 Å². The first-order valence-electron chi connectivity index (χ1n) is 13.6. The van der Waals surface area contributed by atoms with Gasteiger partial charge < -0.3 is 20.1 Å². The van der Waals surface area contributed by atoms with E-state index in [-0.39, 0.29) is 49.4 Å². The molecule has 0 saturated heterocycles. The molecule has 0 unspecified atom stereocenters. The number of nitrogens with one attached hydrogen (secondary N) is 1. The molecule has 3 rings (SSSR count). The Morgan fingerprint density at radius 2 is 1.67 bits per heavy atom. The standard InChI is InChI=1S/C32H40N2O5/c1-4-11-26(19-30(36)34-20-28-16-10-9-15-25(28)18-29(34)21-35)31(37)33-23(3)22-39-32(38)27(12-5-2)17-24-13-7-6-8-14-24/h4-10,13-16,23,26-27,29,35H,1-2,11-12,17-22H2,3H3,(H,33,37)/t23-,26-,27-,29-/m0/s1. The summed E-state index contributed by atoms with van der Waals surface area (Å²) in [6.07, 6.45) is 5.29. The van der Waals surface area contributed by atoms with Gasteiger partial charge in [0.2, 0.25) is 11.8 Å². The van der Waals surface area contributed by atoms with Crippen molar-refractivity contribution in [2.75, 3.05) is 13.2 Å². The fourth-order valence-electron chi connectivity index (χ4n) is 4.94. The van der Waals surface area contributed by atoms with Crippen LogP contribution in [0.4, 0.5) is 0 Å². The lowest BCUT2D eigenvalue weighted by atomic mass is 9.92. The van der Waals surface area contributed by atoms with Crippen molar-refractivity contribution in [2.45, 2.75) is 57.7 Å². The number of hydrogen-bond donors (Lipinski definition) is 2. The Morgan fingerprint density at radius 3 is 2.33 bits per heavy atom. The van der Waals surface area contributed by atoms with Gasteiger partial charge in [-0.15, -0.1) is 13.2 Å². The molecule has 7 nitrogen and oxygen atoms in total. The van der Waals surface area contributed by atoms with Crippen LogP contribution in [0.3, 0.4) is 0 Å². The van der Waals surface area contributed by atoms with Crippen molar-refractivity contribution < 1.29 is 24.2 Å². The van der Waals surface area contributed by atoms with Crippen molar-refractivity contribution in [1.29, 1.82) is 0 Å². The fraction of sp³-hybridized carbons (Fsp3) is 0.406. The first-order valence-corrected chi connectivity index (χ1v) is 13.6. The molecule has 208 valence electrons. The van der Waals surface area contributed by atoms with Gasteiger partial charge in [0, 0.05) is 13.0 Å². The zero-order chi connectivity index (χ0) is 28.2. The van der Waals surface area contributed by atoms with E-state index in [0.717, 1.165) is 16.7 Å². The number of carbonyl (C=O) groups is 3. The van der Waals surface area contributed by atoms with E-state index in [1.165, 1.54) is 0 Å². The summed E-state index contributed by atoms with van der Waals surface area (Å²) < 4.78 is 5.54. The maximum atomic E-state index is 13.3. The Labute approximate surface area is 231 Å². The van der Waals surface area contributed by atoms with E-state index in [4.69, 9.17) is 4.74 Å². The van der Waals surface area contributed by atoms with Crippen LogP contribution in [0.25, 0.3) is 0 Å². The molecule has 0 bridgehead atoms. The van der Waals surface area contributed by atoms with Crippen LogP contribution in [0.15, 0.2) is 79.9 Å². The molecule has 1 aliphatic rings. The third kappa shape index (κ3) is 8.65. The minimum Gasteiger partial charge on any atom is -0.463 e. The predicted molar refractivity (Wildman–Crippen MR) is 152 cm³/mol. The Morgan fingerprint density at radius 1 is 1.03 bits per heavy atom. The van der Waals surface area contributed by atoms with Gasteiger partial charge in [-0.25, -0.2) is 0 Å². The van der Waals surface area contributed by atoms with Gasteiger partial charge in [-0.1, -0.05) is 66.7 Å². The van der Waals surface area contributed by atoms with Gasteiger partial charge >= 0.3 is 5.97 Å². The summed E-state index contributed by atoms with van der Waals surface area (Å²) in [5.74, 6) is -1.78. The number of nitrogens with zero attached hydrogens (tertiary/aromatic N) is 1. The normalized spacial score (nSPS) is 16.8. The molecule has 7 heteroatoms. The van der Waals surface area contributed by atoms with Gasteiger partial charge in [-0.2, -0.15) is 0 Å². The average Bonchev–Trinajstić information content (AvgIpc) is 2.95. The highest BCUT2D eigenvalue weighted by atomic mass is 16.5. The van der Waals surface area contributed by atoms with Crippen molar-refractivity contribution in [1.82, 2.24) is 10.2 Å². The first-order chi connectivity index (χ1) is 18.9. The van der Waals surface area contributed by atoms with Crippen LogP contribution in [-0.2, 0) is 38.5 Å². The van der Waals surface area contributed by atoms with Gasteiger partial charge in [0.1, 0.15) is 6.61 Å². The van der Waals surface area contributed by atoms with Gasteiger partial charge in [0.15, 0.2) is 0 Å². The van der Waals surface area contributed by atoms with Gasteiger partial charge in [-0.05, 0) is 49.3 Å². The lowest BCUT2D eigenvalue weighted by Gasteiger charge is -2.36. The highest BCUT2D eigenvalue weighted by Gasteiger charge is 2.32. The Kier molecular flexibility index (Phi) is 11.5. The molecule has 0 spiro atoms. The number of allylic oxidation sites excluding steroid dienone is 2. The largest absolute Gasteiger partial charge is 0.463 e. The van der Waals surface area contributed by atoms with Crippen LogP contribution < -0.4 is 5.32 Å². The number of carbonyl (C=O) groups excluding carboxylic acids is 3. The third-order valence-corrected chi connectivity index (χ3v) is 7.10. The Bertz CT molecular complexity index is 1130. The van der Waals surface area contributed by atoms with E-state index >= 15 is 0 Å². The topological polar surface area (TPSA) is 95.9 Å². The van der Waals surface area contributed by atoms with Crippen LogP contribution >= 0.6 is 0 Å². The molecule has 39 heavy (non-hydrogen) atoms. The summed E-state index contributed by atoms with van der Waals surface area (Å²) in [6.45, 7) is 9.56. The number of aliphatic hydroxyl groups is 1. The molecule has 0 aromatic heterocycles. The molecule has 0 saturated carbocycles. The molecule has 2 aromatic rings. The van der Waals surface area contributed by atoms with E-state index < -0.39 is 12.0 Å². The summed E-state index contributed by atoms with van der Waals surface area (Å²) in [5, 5.41) is 12.8. The fourth-order valence-corrected chi connectivity index (χ4v) is 4.94. The summed E-state index contributed by atoms with van der Waals surface area (Å²) in [4.78, 5) is 40.8. The van der Waals surface area contributed by atoms with E-state index in [1.54, 1.807) is 24.0 Å². The van der Waals surface area contributed by atoms with Crippen LogP contribution in [-0.4, -0.2) is 53.1 Å². The molecule has 0 aliphatic carbocycles. The number of esters is 1. The van der Waals surface area contributed by atoms with E-state index in [1.807, 2.05) is 54.6 Å². The smallest absolute Gasteiger partial charge is 0.309 e. The molecule has 2 amide bonds. The number of hydrogen-bond acceptors (Lipinski definition) is 5. The number of ether oxygens (including phenoxy) is 1. The number of benzene rings is 2. The molecule has 2 aromatic carbocycles. The van der Waals surface area contributed by atoms with Crippen molar-refractivity contribution in [3.05, 3.63) is 96.6 Å². The number of aliphatic hydroxyl groups excluding tert-OH is 1. The summed E-state index contributed by atoms with van der Waals surface area (Å²) in [6, 6.07) is 16.9. The predicted octanol–water partition coefficient (Wildman–Crippen LogP) is 4.00. The maximum Gasteiger partial charge on any atom is 0.309 e. The third-order valence-electron chi connectivity index (χ3n) is 7.10. The molecule has 0 fully saturated rings. The van der Waals surface area contributed by atoms with E-state index in [9.17, 15) is 19.5 Å². The van der Waals surface area contributed by atoms with Crippen LogP contribution in [0.5, 0.6) is 0 Å². The van der Waals surface area contributed by atoms with Crippen LogP contribution in [0.2, 0.25) is 0 Å². The summed E-state index contributed by atoms with van der Waals surface area (Å²) >= 11 is 0. The zero-order valence-electron chi connectivity index (χ0n) is 22.8. The highest BCUT2D eigenvalue weighted by Crippen LogP contribution is 2.25. The molecule has 1 aliphatic heterocycles.